The van der Waals surface area contributed by atoms with Crippen LogP contribution in [0, 0.1) is 5.41 Å². The van der Waals surface area contributed by atoms with Crippen molar-refractivity contribution in [2.75, 3.05) is 20.1 Å². The Balaban J connectivity index is 1.71. The molecule has 2 aromatic carbocycles. The van der Waals surface area contributed by atoms with Crippen molar-refractivity contribution in [2.24, 2.45) is 5.41 Å². The number of aromatic nitrogens is 2. The summed E-state index contributed by atoms with van der Waals surface area (Å²) in [4.78, 5) is 6.76. The predicted molar refractivity (Wildman–Crippen MR) is 133 cm³/mol. The molecule has 1 aromatic heterocycles. The molecule has 1 N–H and O–H groups in total. The zero-order valence-corrected chi connectivity index (χ0v) is 21.4. The third-order valence-electron chi connectivity index (χ3n) is 6.74. The third-order valence-corrected chi connectivity index (χ3v) is 6.74. The lowest BCUT2D eigenvalue weighted by Crippen LogP contribution is -2.63. The Kier molecular flexibility index (Phi) is 6.44. The van der Waals surface area contributed by atoms with Gasteiger partial charge in [0.15, 0.2) is 5.82 Å². The van der Waals surface area contributed by atoms with Gasteiger partial charge in [-0.05, 0) is 62.6 Å². The highest BCUT2D eigenvalue weighted by Gasteiger charge is 2.55. The molecule has 1 aliphatic heterocycles. The Hall–Kier alpha value is -2.54. The molecule has 0 spiro atoms. The quantitative estimate of drug-likeness (QED) is 0.508. The first kappa shape index (κ1) is 24.6. The van der Waals surface area contributed by atoms with Crippen molar-refractivity contribution in [3.05, 3.63) is 71.0 Å². The van der Waals surface area contributed by atoms with Gasteiger partial charge >= 0.3 is 0 Å². The molecule has 6 nitrogen and oxygen atoms in total. The molecule has 1 atom stereocenters. The fourth-order valence-corrected chi connectivity index (χ4v) is 4.93. The number of nitrogens with zero attached hydrogens (tertiary/aromatic N) is 3. The van der Waals surface area contributed by atoms with Crippen molar-refractivity contribution in [2.45, 2.75) is 65.3 Å². The van der Waals surface area contributed by atoms with E-state index in [9.17, 15) is 5.11 Å². The second-order valence-electron chi connectivity index (χ2n) is 11.2. The molecular weight excluding hydrogens is 426 g/mol. The number of likely N-dealkylation sites (tertiary alicyclic amines) is 1. The lowest BCUT2D eigenvalue weighted by molar-refractivity contribution is -0.127. The van der Waals surface area contributed by atoms with E-state index < -0.39 is 5.60 Å². The van der Waals surface area contributed by atoms with Crippen LogP contribution >= 0.6 is 0 Å². The first-order valence-corrected chi connectivity index (χ1v) is 12.0. The highest BCUT2D eigenvalue weighted by molar-refractivity contribution is 5.56. The van der Waals surface area contributed by atoms with Crippen LogP contribution in [0.3, 0.4) is 0 Å². The van der Waals surface area contributed by atoms with E-state index in [1.165, 1.54) is 5.56 Å². The summed E-state index contributed by atoms with van der Waals surface area (Å²) in [6, 6.07) is 16.2. The smallest absolute Gasteiger partial charge is 0.258 e. The summed E-state index contributed by atoms with van der Waals surface area (Å²) in [6.07, 6.45) is 0. The average Bonchev–Trinajstić information content (AvgIpc) is 3.25. The maximum Gasteiger partial charge on any atom is 0.258 e. The van der Waals surface area contributed by atoms with E-state index in [4.69, 9.17) is 9.26 Å². The lowest BCUT2D eigenvalue weighted by Gasteiger charge is -2.56. The Bertz CT molecular complexity index is 1120. The van der Waals surface area contributed by atoms with Crippen LogP contribution in [0.4, 0.5) is 0 Å². The van der Waals surface area contributed by atoms with Gasteiger partial charge < -0.3 is 19.3 Å². The van der Waals surface area contributed by atoms with Gasteiger partial charge in [-0.25, -0.2) is 0 Å². The Labute approximate surface area is 203 Å². The van der Waals surface area contributed by atoms with E-state index in [1.807, 2.05) is 45.0 Å². The maximum atomic E-state index is 12.4. The summed E-state index contributed by atoms with van der Waals surface area (Å²) in [5.41, 5.74) is 1.97. The topological polar surface area (TPSA) is 71.6 Å². The number of hydrogen-bond donors (Lipinski definition) is 1. The van der Waals surface area contributed by atoms with Crippen LogP contribution in [0.25, 0.3) is 11.5 Å². The van der Waals surface area contributed by atoms with E-state index in [1.54, 1.807) is 0 Å². The van der Waals surface area contributed by atoms with Crippen molar-refractivity contribution in [1.29, 1.82) is 0 Å². The molecule has 1 fully saturated rings. The Morgan fingerprint density at radius 2 is 1.76 bits per heavy atom. The van der Waals surface area contributed by atoms with Gasteiger partial charge in [0.05, 0.1) is 5.60 Å². The number of hydrogen-bond acceptors (Lipinski definition) is 6. The van der Waals surface area contributed by atoms with E-state index in [-0.39, 0.29) is 17.6 Å². The highest BCUT2D eigenvalue weighted by atomic mass is 16.5. The van der Waals surface area contributed by atoms with Crippen LogP contribution in [0.5, 0.6) is 0 Å². The van der Waals surface area contributed by atoms with Crippen LogP contribution in [-0.2, 0) is 16.9 Å². The molecule has 2 heterocycles. The van der Waals surface area contributed by atoms with Crippen molar-refractivity contribution in [3.8, 4) is 11.5 Å². The minimum atomic E-state index is -1.16. The van der Waals surface area contributed by atoms with E-state index in [0.29, 0.717) is 17.6 Å². The van der Waals surface area contributed by atoms with E-state index in [2.05, 4.69) is 67.1 Å². The first-order chi connectivity index (χ1) is 15.9. The van der Waals surface area contributed by atoms with Crippen LogP contribution in [0.1, 0.15) is 70.0 Å². The van der Waals surface area contributed by atoms with Crippen LogP contribution in [-0.4, -0.2) is 45.9 Å². The minimum absolute atomic E-state index is 0.281. The Morgan fingerprint density at radius 3 is 2.35 bits per heavy atom. The van der Waals surface area contributed by atoms with Crippen LogP contribution in [0.2, 0.25) is 0 Å². The summed E-state index contributed by atoms with van der Waals surface area (Å²) < 4.78 is 11.3. The average molecular weight is 464 g/mol. The maximum absolute atomic E-state index is 12.4. The molecule has 1 saturated heterocycles. The normalized spacial score (nSPS) is 18.0. The molecule has 0 aliphatic carbocycles. The largest absolute Gasteiger partial charge is 0.380 e. The minimum Gasteiger partial charge on any atom is -0.380 e. The fraction of sp³-hybridized carbons (Fsp3) is 0.500. The van der Waals surface area contributed by atoms with Gasteiger partial charge in [0.25, 0.3) is 5.89 Å². The molecule has 34 heavy (non-hydrogen) atoms. The van der Waals surface area contributed by atoms with Gasteiger partial charge in [0.2, 0.25) is 0 Å². The van der Waals surface area contributed by atoms with Crippen molar-refractivity contribution >= 4 is 0 Å². The number of rotatable bonds is 7. The predicted octanol–water partition coefficient (Wildman–Crippen LogP) is 5.36. The van der Waals surface area contributed by atoms with Crippen LogP contribution < -0.4 is 0 Å². The molecule has 6 heteroatoms. The summed E-state index contributed by atoms with van der Waals surface area (Å²) >= 11 is 0. The molecule has 0 amide bonds. The SMILES string of the molecule is CC(C)c1ccc([C@](O)(c2cccc(-c3nc(COC(C)(C)C)no3)c2)C2(C)CN(C)C2)cc1. The standard InChI is InChI=1S/C28H37N3O3/c1-19(2)20-11-13-22(14-12-20)28(32,27(6)17-31(7)18-27)23-10-8-9-21(15-23)25-29-24(30-34-25)16-33-26(3,4)5/h8-15,19,32H,16-18H2,1-7H3/t28-/m0/s1. The van der Waals surface area contributed by atoms with Crippen molar-refractivity contribution in [3.63, 3.8) is 0 Å². The van der Waals surface area contributed by atoms with Gasteiger partial charge in [0, 0.05) is 24.1 Å². The van der Waals surface area contributed by atoms with Gasteiger partial charge in [-0.2, -0.15) is 4.98 Å². The molecular formula is C28H37N3O3. The number of benzene rings is 2. The molecule has 0 unspecified atom stereocenters. The highest BCUT2D eigenvalue weighted by Crippen LogP contribution is 2.50. The zero-order valence-electron chi connectivity index (χ0n) is 21.4. The van der Waals surface area contributed by atoms with Gasteiger partial charge in [-0.15, -0.1) is 0 Å². The second-order valence-corrected chi connectivity index (χ2v) is 11.2. The summed E-state index contributed by atoms with van der Waals surface area (Å²) in [7, 11) is 2.08. The number of ether oxygens (including phenoxy) is 1. The fourth-order valence-electron chi connectivity index (χ4n) is 4.93. The molecule has 0 radical (unpaired) electrons. The van der Waals surface area contributed by atoms with Crippen molar-refractivity contribution in [1.82, 2.24) is 15.0 Å². The molecule has 0 bridgehead atoms. The number of aliphatic hydroxyl groups is 1. The monoisotopic (exact) mass is 463 g/mol. The molecule has 0 saturated carbocycles. The van der Waals surface area contributed by atoms with Gasteiger partial charge in [-0.3, -0.25) is 0 Å². The van der Waals surface area contributed by atoms with Crippen LogP contribution in [0.15, 0.2) is 53.1 Å². The summed E-state index contributed by atoms with van der Waals surface area (Å²) in [5.74, 6) is 1.36. The molecule has 182 valence electrons. The van der Waals surface area contributed by atoms with Crippen molar-refractivity contribution < 1.29 is 14.4 Å². The third kappa shape index (κ3) is 4.67. The second kappa shape index (κ2) is 8.91. The molecule has 3 aromatic rings. The first-order valence-electron chi connectivity index (χ1n) is 12.0. The molecule has 4 rings (SSSR count). The lowest BCUT2D eigenvalue weighted by atomic mass is 9.62. The Morgan fingerprint density at radius 1 is 1.09 bits per heavy atom. The van der Waals surface area contributed by atoms with Gasteiger partial charge in [0.1, 0.15) is 12.2 Å². The van der Waals surface area contributed by atoms with E-state index >= 15 is 0 Å². The van der Waals surface area contributed by atoms with E-state index in [0.717, 1.165) is 29.8 Å². The summed E-state index contributed by atoms with van der Waals surface area (Å²) in [5, 5.41) is 16.5. The summed E-state index contributed by atoms with van der Waals surface area (Å²) in [6.45, 7) is 14.4. The zero-order chi connectivity index (χ0) is 24.7. The van der Waals surface area contributed by atoms with Gasteiger partial charge in [-0.1, -0.05) is 62.3 Å². The molecule has 1 aliphatic rings.